The number of rotatable bonds is 6. The molecule has 0 atom stereocenters. The Morgan fingerprint density at radius 1 is 1.23 bits per heavy atom. The van der Waals surface area contributed by atoms with E-state index in [1.54, 1.807) is 0 Å². The van der Waals surface area contributed by atoms with E-state index in [4.69, 9.17) is 0 Å². The lowest BCUT2D eigenvalue weighted by Crippen LogP contribution is -2.29. The van der Waals surface area contributed by atoms with Crippen LogP contribution in [-0.4, -0.2) is 35.0 Å². The molecule has 1 aliphatic rings. The highest BCUT2D eigenvalue weighted by molar-refractivity contribution is 7.94. The van der Waals surface area contributed by atoms with Crippen LogP contribution in [0.2, 0.25) is 0 Å². The van der Waals surface area contributed by atoms with Crippen molar-refractivity contribution in [3.05, 3.63) is 24.3 Å². The van der Waals surface area contributed by atoms with Gasteiger partial charge in [0, 0.05) is 13.0 Å². The number of hydrogen-bond donors (Lipinski definition) is 1. The molecule has 1 aromatic rings. The third-order valence-electron chi connectivity index (χ3n) is 3.28. The molecule has 122 valence electrons. The summed E-state index contributed by atoms with van der Waals surface area (Å²) in [6, 6.07) is 5.25. The van der Waals surface area contributed by atoms with Gasteiger partial charge >= 0.3 is 0 Å². The molecule has 0 aromatic heterocycles. The number of nitrogens with zero attached hydrogens (tertiary/aromatic N) is 1. The number of benzene rings is 1. The van der Waals surface area contributed by atoms with Crippen molar-refractivity contribution in [1.29, 1.82) is 0 Å². The van der Waals surface area contributed by atoms with Gasteiger partial charge < -0.3 is 0 Å². The van der Waals surface area contributed by atoms with Crippen LogP contribution >= 0.6 is 0 Å². The van der Waals surface area contributed by atoms with Crippen LogP contribution in [0.5, 0.6) is 0 Å². The fourth-order valence-corrected chi connectivity index (χ4v) is 4.63. The van der Waals surface area contributed by atoms with E-state index < -0.39 is 26.0 Å². The Morgan fingerprint density at radius 3 is 2.36 bits per heavy atom. The highest BCUT2D eigenvalue weighted by Gasteiger charge is 2.36. The minimum atomic E-state index is -3.64. The van der Waals surface area contributed by atoms with E-state index in [-0.39, 0.29) is 22.8 Å². The van der Waals surface area contributed by atoms with Crippen molar-refractivity contribution < 1.29 is 21.6 Å². The van der Waals surface area contributed by atoms with Crippen LogP contribution in [-0.2, 0) is 24.8 Å². The molecule has 1 amide bonds. The maximum Gasteiger partial charge on any atom is 0.242 e. The van der Waals surface area contributed by atoms with Gasteiger partial charge in [0.15, 0.2) is 0 Å². The molecule has 0 saturated carbocycles. The van der Waals surface area contributed by atoms with Crippen LogP contribution in [0.3, 0.4) is 0 Å². The standard InChI is InChI=1S/C13H18N2O5S2/c1-2-3-9-14-22(19,20)12-6-4-11(5-7-12)15-13(16)8-10-21(15,17)18/h4-7,14H,2-3,8-10H2,1H3. The van der Waals surface area contributed by atoms with E-state index in [9.17, 15) is 21.6 Å². The normalized spacial score (nSPS) is 17.9. The van der Waals surface area contributed by atoms with Crippen molar-refractivity contribution in [2.75, 3.05) is 16.6 Å². The topological polar surface area (TPSA) is 101 Å². The van der Waals surface area contributed by atoms with Gasteiger partial charge in [-0.3, -0.25) is 4.79 Å². The molecule has 0 radical (unpaired) electrons. The molecule has 1 fully saturated rings. The molecule has 1 N–H and O–H groups in total. The van der Waals surface area contributed by atoms with Crippen LogP contribution in [0.25, 0.3) is 0 Å². The molecule has 0 aliphatic carbocycles. The number of unbranched alkanes of at least 4 members (excludes halogenated alkanes) is 1. The second-order valence-electron chi connectivity index (χ2n) is 4.97. The maximum absolute atomic E-state index is 12.0. The Morgan fingerprint density at radius 2 is 1.86 bits per heavy atom. The lowest BCUT2D eigenvalue weighted by atomic mass is 10.3. The lowest BCUT2D eigenvalue weighted by Gasteiger charge is -2.15. The van der Waals surface area contributed by atoms with Gasteiger partial charge in [0.05, 0.1) is 16.3 Å². The summed E-state index contributed by atoms with van der Waals surface area (Å²) in [5.74, 6) is -0.721. The summed E-state index contributed by atoms with van der Waals surface area (Å²) in [5, 5.41) is 0. The molecular formula is C13H18N2O5S2. The van der Waals surface area contributed by atoms with E-state index in [2.05, 4.69) is 4.72 Å². The second kappa shape index (κ2) is 6.35. The monoisotopic (exact) mass is 346 g/mol. The summed E-state index contributed by atoms with van der Waals surface area (Å²) < 4.78 is 50.8. The third-order valence-corrected chi connectivity index (χ3v) is 6.45. The average Bonchev–Trinajstić information content (AvgIpc) is 2.73. The summed E-state index contributed by atoms with van der Waals surface area (Å²) in [5.41, 5.74) is 0.162. The highest BCUT2D eigenvalue weighted by Crippen LogP contribution is 2.26. The maximum atomic E-state index is 12.0. The number of carbonyl (C=O) groups excluding carboxylic acids is 1. The predicted octanol–water partition coefficient (Wildman–Crippen LogP) is 0.832. The molecule has 0 spiro atoms. The summed E-state index contributed by atoms with van der Waals surface area (Å²) in [6.07, 6.45) is 1.55. The van der Waals surface area contributed by atoms with Crippen LogP contribution < -0.4 is 9.03 Å². The quantitative estimate of drug-likeness (QED) is 0.769. The molecule has 1 aliphatic heterocycles. The minimum Gasteiger partial charge on any atom is -0.273 e. The summed E-state index contributed by atoms with van der Waals surface area (Å²) in [6.45, 7) is 2.30. The number of amides is 1. The van der Waals surface area contributed by atoms with Gasteiger partial charge in [-0.25, -0.2) is 25.9 Å². The van der Waals surface area contributed by atoms with Crippen molar-refractivity contribution in [2.24, 2.45) is 0 Å². The zero-order chi connectivity index (χ0) is 16.4. The molecule has 1 heterocycles. The van der Waals surface area contributed by atoms with Gasteiger partial charge in [-0.05, 0) is 30.7 Å². The molecule has 2 rings (SSSR count). The third kappa shape index (κ3) is 3.47. The first-order valence-electron chi connectivity index (χ1n) is 6.93. The number of hydrogen-bond acceptors (Lipinski definition) is 5. The van der Waals surface area contributed by atoms with Gasteiger partial charge in [0.2, 0.25) is 26.0 Å². The lowest BCUT2D eigenvalue weighted by molar-refractivity contribution is -0.116. The first-order valence-corrected chi connectivity index (χ1v) is 10.0. The van der Waals surface area contributed by atoms with E-state index >= 15 is 0 Å². The second-order valence-corrected chi connectivity index (χ2v) is 8.67. The Balaban J connectivity index is 2.22. The van der Waals surface area contributed by atoms with Crippen LogP contribution in [0.1, 0.15) is 26.2 Å². The van der Waals surface area contributed by atoms with Crippen molar-refractivity contribution >= 4 is 31.6 Å². The van der Waals surface area contributed by atoms with Crippen LogP contribution in [0.15, 0.2) is 29.2 Å². The molecule has 0 bridgehead atoms. The Hall–Kier alpha value is -1.45. The number of sulfonamides is 2. The fraction of sp³-hybridized carbons (Fsp3) is 0.462. The van der Waals surface area contributed by atoms with Crippen molar-refractivity contribution in [3.63, 3.8) is 0 Å². The molecule has 1 saturated heterocycles. The van der Waals surface area contributed by atoms with Crippen molar-refractivity contribution in [2.45, 2.75) is 31.1 Å². The van der Waals surface area contributed by atoms with E-state index in [1.165, 1.54) is 24.3 Å². The first-order chi connectivity index (χ1) is 10.3. The van der Waals surface area contributed by atoms with E-state index in [0.29, 0.717) is 6.54 Å². The zero-order valence-corrected chi connectivity index (χ0v) is 13.8. The Kier molecular flexibility index (Phi) is 4.88. The summed E-state index contributed by atoms with van der Waals surface area (Å²) >= 11 is 0. The molecule has 0 unspecified atom stereocenters. The molecule has 9 heteroatoms. The first kappa shape index (κ1) is 16.9. The zero-order valence-electron chi connectivity index (χ0n) is 12.1. The predicted molar refractivity (Wildman–Crippen MR) is 82.4 cm³/mol. The SMILES string of the molecule is CCCCNS(=O)(=O)c1ccc(N2C(=O)CCS2(=O)=O)cc1. The largest absolute Gasteiger partial charge is 0.273 e. The Bertz CT molecular complexity index is 754. The van der Waals surface area contributed by atoms with E-state index in [0.717, 1.165) is 17.1 Å². The smallest absolute Gasteiger partial charge is 0.242 e. The van der Waals surface area contributed by atoms with Crippen molar-refractivity contribution in [3.8, 4) is 0 Å². The Labute approximate surface area is 130 Å². The van der Waals surface area contributed by atoms with Gasteiger partial charge in [-0.2, -0.15) is 0 Å². The summed E-state index contributed by atoms with van der Waals surface area (Å²) in [4.78, 5) is 11.7. The number of nitrogens with one attached hydrogen (secondary N) is 1. The number of anilines is 1. The molecule has 1 aromatic carbocycles. The van der Waals surface area contributed by atoms with Crippen LogP contribution in [0, 0.1) is 0 Å². The number of carbonyl (C=O) groups is 1. The molecule has 22 heavy (non-hydrogen) atoms. The van der Waals surface area contributed by atoms with Gasteiger partial charge in [0.1, 0.15) is 0 Å². The fourth-order valence-electron chi connectivity index (χ4n) is 2.10. The van der Waals surface area contributed by atoms with Gasteiger partial charge in [-0.15, -0.1) is 0 Å². The average molecular weight is 346 g/mol. The van der Waals surface area contributed by atoms with Crippen molar-refractivity contribution in [1.82, 2.24) is 4.72 Å². The van der Waals surface area contributed by atoms with E-state index in [1.807, 2.05) is 6.92 Å². The van der Waals surface area contributed by atoms with Gasteiger partial charge in [0.25, 0.3) is 0 Å². The minimum absolute atomic E-state index is 0.0383. The molecule has 7 nitrogen and oxygen atoms in total. The highest BCUT2D eigenvalue weighted by atomic mass is 32.2. The summed E-state index contributed by atoms with van der Waals surface area (Å²) in [7, 11) is -7.25. The molecular weight excluding hydrogens is 328 g/mol. The van der Waals surface area contributed by atoms with Crippen LogP contribution in [0.4, 0.5) is 5.69 Å². The van der Waals surface area contributed by atoms with Gasteiger partial charge in [-0.1, -0.05) is 13.3 Å².